The predicted molar refractivity (Wildman–Crippen MR) is 379 cm³/mol. The van der Waals surface area contributed by atoms with Gasteiger partial charge in [0.15, 0.2) is 0 Å². The van der Waals surface area contributed by atoms with E-state index < -0.39 is 213 Å². The molecular formula is C72H79N10O27+. The van der Waals surface area contributed by atoms with Gasteiger partial charge in [-0.15, -0.1) is 0 Å². The number of fused-ring (bicyclic) bond motifs is 2. The Morgan fingerprint density at radius 1 is 0.358 bits per heavy atom. The van der Waals surface area contributed by atoms with Gasteiger partial charge < -0.3 is 98.4 Å². The monoisotopic (exact) mass is 1520 g/mol. The molecule has 0 bridgehead atoms. The van der Waals surface area contributed by atoms with E-state index in [1.54, 1.807) is 60.7 Å². The fourth-order valence-corrected chi connectivity index (χ4v) is 10.8. The first-order chi connectivity index (χ1) is 51.6. The van der Waals surface area contributed by atoms with Crippen molar-refractivity contribution in [2.24, 2.45) is 11.8 Å². The molecule has 17 N–H and O–H groups in total. The van der Waals surface area contributed by atoms with Crippen molar-refractivity contribution in [2.75, 3.05) is 10.6 Å². The maximum Gasteiger partial charge on any atom is 0.408 e. The first-order valence-corrected chi connectivity index (χ1v) is 33.4. The van der Waals surface area contributed by atoms with E-state index in [0.29, 0.717) is 11.1 Å². The molecule has 37 nitrogen and oxygen atoms in total. The number of carboxylic acid groups (broad SMARTS) is 7. The molecule has 10 amide bonds. The Bertz CT molecular complexity index is 4200. The van der Waals surface area contributed by atoms with Crippen LogP contribution in [0.2, 0.25) is 0 Å². The van der Waals surface area contributed by atoms with Gasteiger partial charge >= 0.3 is 65.1 Å². The van der Waals surface area contributed by atoms with Crippen LogP contribution in [-0.2, 0) is 89.8 Å². The topological polar surface area (TPSA) is 582 Å². The SMILES string of the molecule is CC(C)[C@H](NC(=O)[C@H](CCC(=O)O)NC(=O)[C@H](CC(=O)O)NC(=O)OCc1ccccc1)C(=O)N[C@@H](CC(=O)O)C(=O)Nc1ccc2c(-c3ccccc3C(=O)O)c3ccc(NC(=O)[C@@H](CC(=O)O)NC(=O)[C@H](NC(=O)[C@@H](CCC(=O)O)NC(=O)[C@@H](CC(=O)O)NC(=O)OCc4ccccc4)C(C)C)cc3[o+]c2c1. The lowest BCUT2D eigenvalue weighted by atomic mass is 9.93. The largest absolute Gasteiger partial charge is 0.481 e. The standard InChI is InChI=1S/C72H78N10O27/c1-35(2)60(81-62(95)45(23-25-53(83)84)75-66(99)49(31-57(91)92)79-71(105)107-33-37-13-7-5-8-14-37)68(101)77-47(29-55(87)88)64(97)73-39-19-21-43-51(27-39)109-52-28-40(20-22-44(52)59(43)41-17-11-12-18-42(41)70(103)104)74-65(98)48(30-56(89)90)78-69(102)61(36(3)4)82-63(96)46(24-26-54(85)86)76-67(100)50(32-58(93)94)80-72(106)108-34-38-15-9-6-10-16-38/h5-22,27-28,35-36,45-50,60-61H,23-26,29-34H2,1-4H3,(H16-,73,74,75,76,77,78,79,80,81,82,83,84,85,86,87,88,89,90,91,92,93,94,95,96,97,98,99,100,101,102,103,104,105,106)/p+1/t45-,46+,47-,48+,49-,50+,60-,61+. The summed E-state index contributed by atoms with van der Waals surface area (Å²) in [5.74, 6) is -22.1. The number of hydrogen-bond acceptors (Lipinski definition) is 19. The number of carbonyl (C=O) groups is 17. The quantitative estimate of drug-likeness (QED) is 0.0193. The molecule has 578 valence electrons. The third-order valence-electron chi connectivity index (χ3n) is 16.2. The summed E-state index contributed by atoms with van der Waals surface area (Å²) in [6.45, 7) is 5.11. The molecule has 0 aliphatic rings. The van der Waals surface area contributed by atoms with Gasteiger partial charge in [0.2, 0.25) is 47.3 Å². The van der Waals surface area contributed by atoms with Gasteiger partial charge in [-0.25, -0.2) is 18.8 Å². The van der Waals surface area contributed by atoms with Crippen molar-refractivity contribution >= 4 is 135 Å². The summed E-state index contributed by atoms with van der Waals surface area (Å²) in [5.41, 5.74) is 0.625. The van der Waals surface area contributed by atoms with Crippen LogP contribution in [0, 0.1) is 11.8 Å². The van der Waals surface area contributed by atoms with Gasteiger partial charge in [-0.3, -0.25) is 67.1 Å². The second-order valence-electron chi connectivity index (χ2n) is 25.2. The van der Waals surface area contributed by atoms with E-state index in [4.69, 9.17) is 13.9 Å². The summed E-state index contributed by atoms with van der Waals surface area (Å²) in [4.78, 5) is 222. The molecule has 5 aromatic carbocycles. The van der Waals surface area contributed by atoms with E-state index in [9.17, 15) is 117 Å². The van der Waals surface area contributed by atoms with Gasteiger partial charge in [0.1, 0.15) is 61.5 Å². The van der Waals surface area contributed by atoms with Gasteiger partial charge in [-0.2, -0.15) is 0 Å². The molecule has 0 radical (unpaired) electrons. The Morgan fingerprint density at radius 3 is 1.03 bits per heavy atom. The Kier molecular flexibility index (Phi) is 30.9. The van der Waals surface area contributed by atoms with Crippen LogP contribution in [0.1, 0.15) is 101 Å². The molecule has 1 aromatic heterocycles. The summed E-state index contributed by atoms with van der Waals surface area (Å²) < 4.78 is 16.5. The van der Waals surface area contributed by atoms with Crippen molar-refractivity contribution in [1.82, 2.24) is 42.5 Å². The lowest BCUT2D eigenvalue weighted by Crippen LogP contribution is -2.59. The van der Waals surface area contributed by atoms with E-state index in [1.165, 1.54) is 88.4 Å². The summed E-state index contributed by atoms with van der Waals surface area (Å²) in [5, 5.41) is 91.8. The number of anilines is 2. The van der Waals surface area contributed by atoms with E-state index in [2.05, 4.69) is 53.2 Å². The van der Waals surface area contributed by atoms with Crippen molar-refractivity contribution in [3.63, 3.8) is 0 Å². The first kappa shape index (κ1) is 84.3. The fourth-order valence-electron chi connectivity index (χ4n) is 10.8. The number of rotatable bonds is 40. The number of hydrogen-bond donors (Lipinski definition) is 17. The average Bonchev–Trinajstić information content (AvgIpc) is 0.747. The number of aliphatic carboxylic acids is 6. The highest BCUT2D eigenvalue weighted by atomic mass is 16.6. The van der Waals surface area contributed by atoms with Crippen LogP contribution in [-0.4, -0.2) is 185 Å². The second-order valence-corrected chi connectivity index (χ2v) is 25.2. The summed E-state index contributed by atoms with van der Waals surface area (Å²) in [6.07, 6.45) is -9.57. The maximum absolute atomic E-state index is 14.2. The molecule has 6 rings (SSSR count). The predicted octanol–water partition coefficient (Wildman–Crippen LogP) is 3.55. The van der Waals surface area contributed by atoms with Crippen molar-refractivity contribution in [3.8, 4) is 11.1 Å². The highest BCUT2D eigenvalue weighted by Crippen LogP contribution is 2.40. The highest BCUT2D eigenvalue weighted by molar-refractivity contribution is 6.14. The molecule has 0 saturated carbocycles. The molecule has 6 aromatic rings. The van der Waals surface area contributed by atoms with Gasteiger partial charge in [0, 0.05) is 18.4 Å². The van der Waals surface area contributed by atoms with Crippen molar-refractivity contribution in [3.05, 3.63) is 138 Å². The van der Waals surface area contributed by atoms with Gasteiger partial charge in [-0.1, -0.05) is 107 Å². The van der Waals surface area contributed by atoms with Crippen LogP contribution < -0.4 is 53.2 Å². The molecule has 8 atom stereocenters. The minimum Gasteiger partial charge on any atom is -0.481 e. The Hall–Kier alpha value is -13.6. The summed E-state index contributed by atoms with van der Waals surface area (Å²) in [7, 11) is 0. The fraction of sp³-hybridized carbons (Fsp3) is 0.333. The maximum atomic E-state index is 14.2. The van der Waals surface area contributed by atoms with Crippen LogP contribution in [0.25, 0.3) is 33.1 Å². The third kappa shape index (κ3) is 26.2. The third-order valence-corrected chi connectivity index (χ3v) is 16.2. The number of carboxylic acids is 7. The Balaban J connectivity index is 1.24. The summed E-state index contributed by atoms with van der Waals surface area (Å²) in [6, 6.07) is 15.4. The van der Waals surface area contributed by atoms with E-state index >= 15 is 0 Å². The molecule has 0 unspecified atom stereocenters. The van der Waals surface area contributed by atoms with Crippen LogP contribution in [0.15, 0.2) is 126 Å². The zero-order valence-electron chi connectivity index (χ0n) is 58.7. The smallest absolute Gasteiger partial charge is 0.408 e. The van der Waals surface area contributed by atoms with Gasteiger partial charge in [-0.05, 0) is 71.7 Å². The molecular weight excluding hydrogens is 1440 g/mol. The molecule has 0 spiro atoms. The number of alkyl carbamates (subject to hydrolysis) is 2. The lowest BCUT2D eigenvalue weighted by Gasteiger charge is -2.27. The minimum absolute atomic E-state index is 0.111. The number of aromatic carboxylic acids is 1. The number of amides is 10. The zero-order valence-corrected chi connectivity index (χ0v) is 58.7. The lowest BCUT2D eigenvalue weighted by molar-refractivity contribution is -0.141. The highest BCUT2D eigenvalue weighted by Gasteiger charge is 2.38. The molecule has 109 heavy (non-hydrogen) atoms. The molecule has 1 heterocycles. The van der Waals surface area contributed by atoms with Crippen molar-refractivity contribution in [2.45, 2.75) is 141 Å². The normalized spacial score (nSPS) is 13.2. The Labute approximate surface area is 618 Å². The number of carbonyl (C=O) groups excluding carboxylic acids is 10. The van der Waals surface area contributed by atoms with E-state index in [1.807, 2.05) is 0 Å². The number of ether oxygens (including phenoxy) is 2. The van der Waals surface area contributed by atoms with E-state index in [-0.39, 0.29) is 63.2 Å². The van der Waals surface area contributed by atoms with Crippen molar-refractivity contribution in [1.29, 1.82) is 0 Å². The van der Waals surface area contributed by atoms with Crippen LogP contribution in [0.5, 0.6) is 0 Å². The molecule has 0 aliphatic heterocycles. The number of nitrogens with one attached hydrogen (secondary N) is 10. The zero-order chi connectivity index (χ0) is 80.3. The molecule has 0 fully saturated rings. The van der Waals surface area contributed by atoms with Crippen LogP contribution in [0.4, 0.5) is 21.0 Å². The van der Waals surface area contributed by atoms with Crippen LogP contribution in [0.3, 0.4) is 0 Å². The first-order valence-electron chi connectivity index (χ1n) is 33.4. The van der Waals surface area contributed by atoms with Gasteiger partial charge in [0.25, 0.3) is 0 Å². The van der Waals surface area contributed by atoms with Gasteiger partial charge in [0.05, 0.1) is 65.5 Å². The summed E-state index contributed by atoms with van der Waals surface area (Å²) >= 11 is 0. The van der Waals surface area contributed by atoms with Crippen molar-refractivity contribution < 1.29 is 131 Å². The van der Waals surface area contributed by atoms with E-state index in [0.717, 1.165) is 0 Å². The number of benzene rings is 5. The van der Waals surface area contributed by atoms with Crippen LogP contribution >= 0.6 is 0 Å². The molecule has 0 aliphatic carbocycles. The Morgan fingerprint density at radius 2 is 0.688 bits per heavy atom. The average molecular weight is 1520 g/mol. The second kappa shape index (κ2) is 40.0. The molecule has 0 saturated heterocycles. The minimum atomic E-state index is -1.95. The molecule has 37 heteroatoms.